The van der Waals surface area contributed by atoms with Gasteiger partial charge in [-0.25, -0.2) is 14.4 Å². The predicted octanol–water partition coefficient (Wildman–Crippen LogP) is 2.24. The topological polar surface area (TPSA) is 51.8 Å². The Kier molecular flexibility index (Phi) is 2.04. The van der Waals surface area contributed by atoms with Crippen LogP contribution in [0.15, 0.2) is 24.4 Å². The molecule has 14 heavy (non-hydrogen) atoms. The molecule has 0 aliphatic carbocycles. The van der Waals surface area contributed by atoms with Crippen molar-refractivity contribution in [3.63, 3.8) is 0 Å². The third-order valence-electron chi connectivity index (χ3n) is 2.11. The molecule has 2 N–H and O–H groups in total. The first-order valence-corrected chi connectivity index (χ1v) is 4.33. The fourth-order valence-corrected chi connectivity index (χ4v) is 1.44. The number of hydrogen-bond acceptors (Lipinski definition) is 3. The molecule has 1 aromatic heterocycles. The van der Waals surface area contributed by atoms with Gasteiger partial charge in [-0.3, -0.25) is 0 Å². The van der Waals surface area contributed by atoms with Gasteiger partial charge in [0.15, 0.2) is 0 Å². The molecule has 0 saturated carbocycles. The number of nitrogens with zero attached hydrogens (tertiary/aromatic N) is 2. The number of hydrogen-bond donors (Lipinski definition) is 1. The van der Waals surface area contributed by atoms with E-state index in [1.165, 1.54) is 6.92 Å². The number of fused-ring (bicyclic) bond motifs is 1. The first-order valence-electron chi connectivity index (χ1n) is 4.33. The maximum Gasteiger partial charge on any atom is 0.220 e. The normalized spacial score (nSPS) is 13.0. The second-order valence-corrected chi connectivity index (χ2v) is 3.12. The molecule has 0 amide bonds. The SMILES string of the molecule is C[C@@H](F)c1cccc2nc(N)ncc12. The lowest BCUT2D eigenvalue weighted by atomic mass is 10.1. The number of benzene rings is 1. The molecule has 0 aliphatic rings. The zero-order valence-corrected chi connectivity index (χ0v) is 7.74. The highest BCUT2D eigenvalue weighted by Crippen LogP contribution is 2.24. The third-order valence-corrected chi connectivity index (χ3v) is 2.11. The Labute approximate surface area is 80.8 Å². The quantitative estimate of drug-likeness (QED) is 0.752. The largest absolute Gasteiger partial charge is 0.368 e. The van der Waals surface area contributed by atoms with Gasteiger partial charge in [0.2, 0.25) is 5.95 Å². The summed E-state index contributed by atoms with van der Waals surface area (Å²) in [6.07, 6.45) is 0.536. The highest BCUT2D eigenvalue weighted by molar-refractivity contribution is 5.82. The Morgan fingerprint density at radius 3 is 2.93 bits per heavy atom. The van der Waals surface area contributed by atoms with Crippen LogP contribution < -0.4 is 5.73 Å². The van der Waals surface area contributed by atoms with E-state index in [1.54, 1.807) is 24.4 Å². The number of halogens is 1. The lowest BCUT2D eigenvalue weighted by Crippen LogP contribution is -1.96. The van der Waals surface area contributed by atoms with E-state index in [0.29, 0.717) is 11.1 Å². The monoisotopic (exact) mass is 191 g/mol. The van der Waals surface area contributed by atoms with E-state index >= 15 is 0 Å². The predicted molar refractivity (Wildman–Crippen MR) is 53.5 cm³/mol. The van der Waals surface area contributed by atoms with Crippen LogP contribution >= 0.6 is 0 Å². The number of aromatic nitrogens is 2. The molecule has 4 heteroatoms. The summed E-state index contributed by atoms with van der Waals surface area (Å²) in [6, 6.07) is 5.28. The summed E-state index contributed by atoms with van der Waals surface area (Å²) < 4.78 is 13.2. The van der Waals surface area contributed by atoms with E-state index in [-0.39, 0.29) is 5.95 Å². The number of alkyl halides is 1. The second kappa shape index (κ2) is 3.21. The summed E-state index contributed by atoms with van der Waals surface area (Å²) in [4.78, 5) is 7.87. The van der Waals surface area contributed by atoms with E-state index < -0.39 is 6.17 Å². The smallest absolute Gasteiger partial charge is 0.220 e. The van der Waals surface area contributed by atoms with Gasteiger partial charge in [0.05, 0.1) is 5.52 Å². The second-order valence-electron chi connectivity index (χ2n) is 3.12. The fourth-order valence-electron chi connectivity index (χ4n) is 1.44. The summed E-state index contributed by atoms with van der Waals surface area (Å²) in [5.74, 6) is 0.209. The highest BCUT2D eigenvalue weighted by atomic mass is 19.1. The van der Waals surface area contributed by atoms with E-state index in [0.717, 1.165) is 5.39 Å². The Balaban J connectivity index is 2.75. The van der Waals surface area contributed by atoms with Crippen LogP contribution in [0.3, 0.4) is 0 Å². The minimum absolute atomic E-state index is 0.209. The molecule has 0 spiro atoms. The molecule has 0 aliphatic heterocycles. The van der Waals surface area contributed by atoms with Crippen molar-refractivity contribution in [1.82, 2.24) is 9.97 Å². The van der Waals surface area contributed by atoms with Crippen LogP contribution in [-0.4, -0.2) is 9.97 Å². The Hall–Kier alpha value is -1.71. The Morgan fingerprint density at radius 1 is 1.43 bits per heavy atom. The summed E-state index contributed by atoms with van der Waals surface area (Å²) in [6.45, 7) is 1.49. The van der Waals surface area contributed by atoms with Crippen molar-refractivity contribution in [2.24, 2.45) is 0 Å². The van der Waals surface area contributed by atoms with Crippen LogP contribution in [0.25, 0.3) is 10.9 Å². The molecule has 72 valence electrons. The highest BCUT2D eigenvalue weighted by Gasteiger charge is 2.08. The lowest BCUT2D eigenvalue weighted by Gasteiger charge is -2.06. The fraction of sp³-hybridized carbons (Fsp3) is 0.200. The van der Waals surface area contributed by atoms with E-state index in [4.69, 9.17) is 5.73 Å². The molecule has 0 fully saturated rings. The summed E-state index contributed by atoms with van der Waals surface area (Å²) in [7, 11) is 0. The molecule has 3 nitrogen and oxygen atoms in total. The first-order chi connectivity index (χ1) is 6.68. The average molecular weight is 191 g/mol. The summed E-state index contributed by atoms with van der Waals surface area (Å²) in [5.41, 5.74) is 6.71. The maximum atomic E-state index is 13.2. The van der Waals surface area contributed by atoms with Gasteiger partial charge in [0.25, 0.3) is 0 Å². The Morgan fingerprint density at radius 2 is 2.21 bits per heavy atom. The molecule has 1 heterocycles. The standard InChI is InChI=1S/C10H10FN3/c1-6(11)7-3-2-4-9-8(7)5-13-10(12)14-9/h2-6H,1H3,(H2,12,13,14)/t6-/m1/s1. The molecular formula is C10H10FN3. The van der Waals surface area contributed by atoms with E-state index in [2.05, 4.69) is 9.97 Å². The van der Waals surface area contributed by atoms with Crippen molar-refractivity contribution in [1.29, 1.82) is 0 Å². The molecule has 0 unspecified atom stereocenters. The van der Waals surface area contributed by atoms with Crippen LogP contribution in [0, 0.1) is 0 Å². The van der Waals surface area contributed by atoms with Gasteiger partial charge in [-0.15, -0.1) is 0 Å². The van der Waals surface area contributed by atoms with Crippen LogP contribution in [0.1, 0.15) is 18.7 Å². The van der Waals surface area contributed by atoms with Crippen LogP contribution in [-0.2, 0) is 0 Å². The lowest BCUT2D eigenvalue weighted by molar-refractivity contribution is 0.376. The molecule has 2 rings (SSSR count). The molecule has 2 aromatic rings. The summed E-state index contributed by atoms with van der Waals surface area (Å²) >= 11 is 0. The number of nitrogens with two attached hydrogens (primary N) is 1. The number of rotatable bonds is 1. The van der Waals surface area contributed by atoms with Gasteiger partial charge in [-0.2, -0.15) is 0 Å². The minimum atomic E-state index is -1.02. The molecular weight excluding hydrogens is 181 g/mol. The number of nitrogen functional groups attached to an aromatic ring is 1. The molecule has 0 radical (unpaired) electrons. The van der Waals surface area contributed by atoms with E-state index in [9.17, 15) is 4.39 Å². The summed E-state index contributed by atoms with van der Waals surface area (Å²) in [5, 5.41) is 0.719. The van der Waals surface area contributed by atoms with Gasteiger partial charge in [-0.1, -0.05) is 12.1 Å². The van der Waals surface area contributed by atoms with Crippen LogP contribution in [0.5, 0.6) is 0 Å². The zero-order valence-electron chi connectivity index (χ0n) is 7.74. The minimum Gasteiger partial charge on any atom is -0.368 e. The van der Waals surface area contributed by atoms with Crippen molar-refractivity contribution in [3.05, 3.63) is 30.0 Å². The first kappa shape index (κ1) is 8.87. The molecule has 1 aromatic carbocycles. The molecule has 0 bridgehead atoms. The zero-order chi connectivity index (χ0) is 10.1. The van der Waals surface area contributed by atoms with Crippen LogP contribution in [0.4, 0.5) is 10.3 Å². The van der Waals surface area contributed by atoms with Gasteiger partial charge in [0.1, 0.15) is 6.17 Å². The maximum absolute atomic E-state index is 13.2. The average Bonchev–Trinajstić information content (AvgIpc) is 2.16. The molecule has 1 atom stereocenters. The van der Waals surface area contributed by atoms with Gasteiger partial charge >= 0.3 is 0 Å². The van der Waals surface area contributed by atoms with Gasteiger partial charge in [0, 0.05) is 11.6 Å². The van der Waals surface area contributed by atoms with E-state index in [1.807, 2.05) is 0 Å². The van der Waals surface area contributed by atoms with Crippen molar-refractivity contribution in [2.75, 3.05) is 5.73 Å². The van der Waals surface area contributed by atoms with Gasteiger partial charge in [-0.05, 0) is 18.6 Å². The molecule has 0 saturated heterocycles. The van der Waals surface area contributed by atoms with Crippen molar-refractivity contribution in [2.45, 2.75) is 13.1 Å². The third kappa shape index (κ3) is 1.39. The Bertz CT molecular complexity index is 468. The van der Waals surface area contributed by atoms with Gasteiger partial charge < -0.3 is 5.73 Å². The van der Waals surface area contributed by atoms with Crippen molar-refractivity contribution in [3.8, 4) is 0 Å². The van der Waals surface area contributed by atoms with Crippen molar-refractivity contribution < 1.29 is 4.39 Å². The van der Waals surface area contributed by atoms with Crippen LogP contribution in [0.2, 0.25) is 0 Å². The van der Waals surface area contributed by atoms with Crippen molar-refractivity contribution >= 4 is 16.9 Å². The number of anilines is 1.